The lowest BCUT2D eigenvalue weighted by Crippen LogP contribution is -2.80. The van der Waals surface area contributed by atoms with Crippen LogP contribution < -0.4 is 0 Å². The molecule has 10 atom stereocenters. The number of hydrogen-bond donors (Lipinski definition) is 3. The van der Waals surface area contributed by atoms with E-state index in [0.29, 0.717) is 32.1 Å². The van der Waals surface area contributed by atoms with Crippen molar-refractivity contribution in [2.75, 3.05) is 13.2 Å². The zero-order chi connectivity index (χ0) is 27.5. The molecule has 0 aromatic carbocycles. The SMILES string of the molecule is C/C1=C/C(=O)OC[C@@]23CC[C@](C)(O)[C@H]4C[C@]5(O)[C@@H](C[C@@H](OC(=O)/C=C\C=C/[C@H]([C@@H](C)O)OCC1)[C@]25C)O[C@H]43. The first-order valence-corrected chi connectivity index (χ1v) is 13.6. The second-order valence-corrected chi connectivity index (χ2v) is 12.3. The summed E-state index contributed by atoms with van der Waals surface area (Å²) in [4.78, 5) is 25.8. The number of esters is 2. The Hall–Kier alpha value is -2.04. The van der Waals surface area contributed by atoms with E-state index in [2.05, 4.69) is 0 Å². The zero-order valence-electron chi connectivity index (χ0n) is 22.6. The van der Waals surface area contributed by atoms with Crippen LogP contribution in [0, 0.1) is 16.7 Å². The number of aliphatic hydroxyl groups excluding tert-OH is 1. The third kappa shape index (κ3) is 4.09. The molecule has 0 unspecified atom stereocenters. The maximum absolute atomic E-state index is 12.9. The van der Waals surface area contributed by atoms with Gasteiger partial charge in [-0.15, -0.1) is 0 Å². The molecule has 0 aromatic heterocycles. The molecular weight excluding hydrogens is 492 g/mol. The highest BCUT2D eigenvalue weighted by Gasteiger charge is 2.83. The lowest BCUT2D eigenvalue weighted by molar-refractivity contribution is -0.377. The predicted molar refractivity (Wildman–Crippen MR) is 136 cm³/mol. The first-order chi connectivity index (χ1) is 17.8. The standard InChI is InChI=1S/C29H40O9/c1-17-9-12-35-20(18(2)30)7-5-6-8-23(31)37-21-14-22-29(34)15-19-25(38-22)28(27(21,29)4,11-10-26(19,3)33)16-36-24(32)13-17/h5-8,13,18-22,25,30,33-34H,9-12,14-16H2,1-4H3/b7-5-,8-6-,17-13-/t18-,19+,20-,21-,22-,25-,26+,27-,28-,29+/m1/s1. The van der Waals surface area contributed by atoms with Crippen LogP contribution in [0.4, 0.5) is 0 Å². The number of ether oxygens (including phenoxy) is 4. The lowest BCUT2D eigenvalue weighted by atomic mass is 9.40. The summed E-state index contributed by atoms with van der Waals surface area (Å²) in [6.45, 7) is 7.40. The van der Waals surface area contributed by atoms with Crippen LogP contribution in [-0.4, -0.2) is 82.2 Å². The molecule has 3 aliphatic heterocycles. The molecule has 1 spiro atoms. The molecule has 6 aliphatic rings. The summed E-state index contributed by atoms with van der Waals surface area (Å²) in [6, 6.07) is 0. The van der Waals surface area contributed by atoms with E-state index in [-0.39, 0.29) is 19.1 Å². The molecule has 3 aliphatic carbocycles. The van der Waals surface area contributed by atoms with Crippen LogP contribution in [0.3, 0.4) is 0 Å². The van der Waals surface area contributed by atoms with E-state index in [9.17, 15) is 24.9 Å². The summed E-state index contributed by atoms with van der Waals surface area (Å²) >= 11 is 0. The molecule has 9 heteroatoms. The fraction of sp³-hybridized carbons (Fsp3) is 0.724. The number of hydrogen-bond acceptors (Lipinski definition) is 9. The van der Waals surface area contributed by atoms with Crippen molar-refractivity contribution in [2.24, 2.45) is 16.7 Å². The Balaban J connectivity index is 1.52. The van der Waals surface area contributed by atoms with Gasteiger partial charge in [-0.3, -0.25) is 0 Å². The van der Waals surface area contributed by atoms with Crippen LogP contribution in [0.25, 0.3) is 0 Å². The minimum absolute atomic E-state index is 0.0222. The highest BCUT2D eigenvalue weighted by Crippen LogP contribution is 2.74. The summed E-state index contributed by atoms with van der Waals surface area (Å²) in [7, 11) is 0. The van der Waals surface area contributed by atoms with Gasteiger partial charge in [-0.1, -0.05) is 30.7 Å². The zero-order valence-corrected chi connectivity index (χ0v) is 22.6. The van der Waals surface area contributed by atoms with Crippen LogP contribution in [-0.2, 0) is 28.5 Å². The fourth-order valence-electron chi connectivity index (χ4n) is 7.82. The summed E-state index contributed by atoms with van der Waals surface area (Å²) < 4.78 is 24.1. The second-order valence-electron chi connectivity index (χ2n) is 12.3. The number of aliphatic hydroxyl groups is 3. The Labute approximate surface area is 223 Å². The summed E-state index contributed by atoms with van der Waals surface area (Å²) in [5.74, 6) is -1.41. The van der Waals surface area contributed by atoms with Crippen molar-refractivity contribution in [3.05, 3.63) is 36.0 Å². The molecule has 0 aromatic rings. The summed E-state index contributed by atoms with van der Waals surface area (Å²) in [5.41, 5.74) is -3.41. The predicted octanol–water partition coefficient (Wildman–Crippen LogP) is 2.13. The maximum atomic E-state index is 12.9. The van der Waals surface area contributed by atoms with E-state index in [0.717, 1.165) is 5.57 Å². The minimum atomic E-state index is -1.35. The van der Waals surface area contributed by atoms with Crippen molar-refractivity contribution in [3.63, 3.8) is 0 Å². The van der Waals surface area contributed by atoms with Crippen molar-refractivity contribution in [1.29, 1.82) is 0 Å². The van der Waals surface area contributed by atoms with Crippen molar-refractivity contribution in [1.82, 2.24) is 0 Å². The van der Waals surface area contributed by atoms with E-state index in [4.69, 9.17) is 18.9 Å². The molecule has 3 N–H and O–H groups in total. The molecule has 3 heterocycles. The average molecular weight is 533 g/mol. The summed E-state index contributed by atoms with van der Waals surface area (Å²) in [5, 5.41) is 33.5. The van der Waals surface area contributed by atoms with Gasteiger partial charge >= 0.3 is 11.9 Å². The highest BCUT2D eigenvalue weighted by atomic mass is 16.6. The van der Waals surface area contributed by atoms with Gasteiger partial charge in [0.05, 0.1) is 30.5 Å². The van der Waals surface area contributed by atoms with Crippen molar-refractivity contribution in [2.45, 2.75) is 102 Å². The van der Waals surface area contributed by atoms with Crippen LogP contribution in [0.5, 0.6) is 0 Å². The molecule has 0 amide bonds. The molecule has 38 heavy (non-hydrogen) atoms. The minimum Gasteiger partial charge on any atom is -0.462 e. The Morgan fingerprint density at radius 1 is 1.08 bits per heavy atom. The van der Waals surface area contributed by atoms with Crippen LogP contribution >= 0.6 is 0 Å². The van der Waals surface area contributed by atoms with Gasteiger partial charge in [0.25, 0.3) is 0 Å². The van der Waals surface area contributed by atoms with Gasteiger partial charge in [0.15, 0.2) is 0 Å². The normalized spacial score (nSPS) is 51.0. The van der Waals surface area contributed by atoms with Crippen LogP contribution in [0.2, 0.25) is 0 Å². The van der Waals surface area contributed by atoms with Gasteiger partial charge < -0.3 is 34.3 Å². The monoisotopic (exact) mass is 532 g/mol. The topological polar surface area (TPSA) is 132 Å². The molecule has 6 rings (SSSR count). The third-order valence-corrected chi connectivity index (χ3v) is 10.2. The smallest absolute Gasteiger partial charge is 0.331 e. The quantitative estimate of drug-likeness (QED) is 0.435. The fourth-order valence-corrected chi connectivity index (χ4v) is 7.82. The Bertz CT molecular complexity index is 1060. The van der Waals surface area contributed by atoms with Crippen LogP contribution in [0.1, 0.15) is 59.8 Å². The van der Waals surface area contributed by atoms with Gasteiger partial charge in [0, 0.05) is 35.3 Å². The van der Waals surface area contributed by atoms with E-state index in [1.165, 1.54) is 12.2 Å². The molecule has 6 bridgehead atoms. The number of carbonyl (C=O) groups is 2. The molecular formula is C29H40O9. The Kier molecular flexibility index (Phi) is 6.92. The van der Waals surface area contributed by atoms with Crippen LogP contribution in [0.15, 0.2) is 36.0 Å². The van der Waals surface area contributed by atoms with Gasteiger partial charge in [0.1, 0.15) is 24.4 Å². The second kappa shape index (κ2) is 9.55. The van der Waals surface area contributed by atoms with Crippen molar-refractivity contribution in [3.8, 4) is 0 Å². The van der Waals surface area contributed by atoms with Gasteiger partial charge in [-0.25, -0.2) is 9.59 Å². The molecule has 9 nitrogen and oxygen atoms in total. The van der Waals surface area contributed by atoms with Gasteiger partial charge in [-0.05, 0) is 46.5 Å². The molecule has 210 valence electrons. The average Bonchev–Trinajstić information content (AvgIpc) is 2.99. The first kappa shape index (κ1) is 27.5. The van der Waals surface area contributed by atoms with E-state index >= 15 is 0 Å². The largest absolute Gasteiger partial charge is 0.462 e. The lowest BCUT2D eigenvalue weighted by Gasteiger charge is -2.71. The molecule has 5 fully saturated rings. The van der Waals surface area contributed by atoms with E-state index in [1.807, 2.05) is 13.8 Å². The number of rotatable bonds is 1. The van der Waals surface area contributed by atoms with Crippen molar-refractivity contribution < 1.29 is 43.9 Å². The molecule has 2 saturated heterocycles. The Morgan fingerprint density at radius 2 is 1.84 bits per heavy atom. The first-order valence-electron chi connectivity index (χ1n) is 13.6. The van der Waals surface area contributed by atoms with E-state index in [1.54, 1.807) is 32.1 Å². The van der Waals surface area contributed by atoms with Crippen molar-refractivity contribution >= 4 is 11.9 Å². The van der Waals surface area contributed by atoms with E-state index < -0.39 is 64.5 Å². The van der Waals surface area contributed by atoms with Gasteiger partial charge in [0.2, 0.25) is 0 Å². The molecule has 3 saturated carbocycles. The third-order valence-electron chi connectivity index (χ3n) is 10.2. The number of allylic oxidation sites excluding steroid dienone is 2. The summed E-state index contributed by atoms with van der Waals surface area (Å²) in [6.07, 6.45) is 6.57. The maximum Gasteiger partial charge on any atom is 0.331 e. The highest BCUT2D eigenvalue weighted by molar-refractivity contribution is 5.83. The number of carbonyl (C=O) groups excluding carboxylic acids is 2. The van der Waals surface area contributed by atoms with Gasteiger partial charge in [-0.2, -0.15) is 0 Å². The number of cyclic esters (lactones) is 1. The Morgan fingerprint density at radius 3 is 2.58 bits per heavy atom. The molecule has 0 radical (unpaired) electrons.